The van der Waals surface area contributed by atoms with E-state index in [0.717, 1.165) is 22.6 Å². The highest BCUT2D eigenvalue weighted by Gasteiger charge is 2.04. The molecule has 0 aliphatic carbocycles. The van der Waals surface area contributed by atoms with E-state index in [1.165, 1.54) is 12.1 Å². The Bertz CT molecular complexity index is 557. The molecule has 0 heterocycles. The Labute approximate surface area is 123 Å². The van der Waals surface area contributed by atoms with Crippen molar-refractivity contribution in [3.63, 3.8) is 0 Å². The molecule has 2 rings (SSSR count). The van der Waals surface area contributed by atoms with Crippen LogP contribution in [0.5, 0.6) is 5.75 Å². The minimum Gasteiger partial charge on any atom is -0.494 e. The standard InChI is InChI=1S/C16H17ClFNO/c1-2-20-16-8-7-15(9-13(16)10-17)19-11-12-3-5-14(18)6-4-12/h3-9,19H,2,10-11H2,1H3. The van der Waals surface area contributed by atoms with Crippen LogP contribution in [0.2, 0.25) is 0 Å². The normalized spacial score (nSPS) is 10.3. The lowest BCUT2D eigenvalue weighted by Crippen LogP contribution is -2.01. The maximum Gasteiger partial charge on any atom is 0.123 e. The summed E-state index contributed by atoms with van der Waals surface area (Å²) in [6.45, 7) is 3.20. The summed E-state index contributed by atoms with van der Waals surface area (Å²) in [6.07, 6.45) is 0. The van der Waals surface area contributed by atoms with E-state index >= 15 is 0 Å². The molecule has 4 heteroatoms. The van der Waals surface area contributed by atoms with E-state index < -0.39 is 0 Å². The molecule has 106 valence electrons. The van der Waals surface area contributed by atoms with E-state index in [1.54, 1.807) is 12.1 Å². The first-order valence-corrected chi connectivity index (χ1v) is 7.06. The number of ether oxygens (including phenoxy) is 1. The van der Waals surface area contributed by atoms with Crippen LogP contribution in [0.3, 0.4) is 0 Å². The fraction of sp³-hybridized carbons (Fsp3) is 0.250. The van der Waals surface area contributed by atoms with Crippen molar-refractivity contribution in [2.75, 3.05) is 11.9 Å². The van der Waals surface area contributed by atoms with Gasteiger partial charge in [0.25, 0.3) is 0 Å². The zero-order valence-electron chi connectivity index (χ0n) is 11.3. The summed E-state index contributed by atoms with van der Waals surface area (Å²) in [5, 5.41) is 3.29. The van der Waals surface area contributed by atoms with Crippen molar-refractivity contribution in [1.29, 1.82) is 0 Å². The number of nitrogens with one attached hydrogen (secondary N) is 1. The van der Waals surface area contributed by atoms with Crippen LogP contribution < -0.4 is 10.1 Å². The number of hydrogen-bond donors (Lipinski definition) is 1. The highest BCUT2D eigenvalue weighted by molar-refractivity contribution is 6.17. The summed E-state index contributed by atoms with van der Waals surface area (Å²) >= 11 is 5.92. The fourth-order valence-electron chi connectivity index (χ4n) is 1.90. The molecule has 0 radical (unpaired) electrons. The SMILES string of the molecule is CCOc1ccc(NCc2ccc(F)cc2)cc1CCl. The van der Waals surface area contributed by atoms with E-state index in [9.17, 15) is 4.39 Å². The Morgan fingerprint density at radius 3 is 2.55 bits per heavy atom. The predicted molar refractivity (Wildman–Crippen MR) is 80.9 cm³/mol. The molecule has 1 N–H and O–H groups in total. The molecule has 0 unspecified atom stereocenters. The van der Waals surface area contributed by atoms with E-state index in [1.807, 2.05) is 25.1 Å². The van der Waals surface area contributed by atoms with Gasteiger partial charge < -0.3 is 10.1 Å². The molecule has 0 aromatic heterocycles. The third kappa shape index (κ3) is 3.87. The lowest BCUT2D eigenvalue weighted by molar-refractivity contribution is 0.337. The molecular formula is C16H17ClFNO. The molecular weight excluding hydrogens is 277 g/mol. The van der Waals surface area contributed by atoms with E-state index in [4.69, 9.17) is 16.3 Å². The molecule has 2 aromatic rings. The van der Waals surface area contributed by atoms with Crippen molar-refractivity contribution < 1.29 is 9.13 Å². The number of rotatable bonds is 6. The van der Waals surface area contributed by atoms with Crippen LogP contribution in [0.1, 0.15) is 18.1 Å². The summed E-state index contributed by atoms with van der Waals surface area (Å²) in [4.78, 5) is 0. The van der Waals surface area contributed by atoms with Crippen molar-refractivity contribution in [3.8, 4) is 5.75 Å². The Morgan fingerprint density at radius 1 is 1.15 bits per heavy atom. The van der Waals surface area contributed by atoms with Crippen molar-refractivity contribution in [1.82, 2.24) is 0 Å². The van der Waals surface area contributed by atoms with Gasteiger partial charge in [0.2, 0.25) is 0 Å². The number of halogens is 2. The predicted octanol–water partition coefficient (Wildman–Crippen LogP) is 4.58. The van der Waals surface area contributed by atoms with Crippen LogP contribution >= 0.6 is 11.6 Å². The second kappa shape index (κ2) is 7.15. The Balaban J connectivity index is 2.04. The maximum absolute atomic E-state index is 12.8. The van der Waals surface area contributed by atoms with Crippen molar-refractivity contribution in [2.45, 2.75) is 19.3 Å². The molecule has 0 fully saturated rings. The number of hydrogen-bond acceptors (Lipinski definition) is 2. The first-order valence-electron chi connectivity index (χ1n) is 6.53. The average molecular weight is 294 g/mol. The number of alkyl halides is 1. The van der Waals surface area contributed by atoms with E-state index in [2.05, 4.69) is 5.32 Å². The summed E-state index contributed by atoms with van der Waals surface area (Å²) in [5.41, 5.74) is 2.94. The fourth-order valence-corrected chi connectivity index (χ4v) is 2.11. The lowest BCUT2D eigenvalue weighted by atomic mass is 10.2. The van der Waals surface area contributed by atoms with Gasteiger partial charge in [-0.3, -0.25) is 0 Å². The Kier molecular flexibility index (Phi) is 5.24. The molecule has 0 amide bonds. The second-order valence-electron chi connectivity index (χ2n) is 4.37. The van der Waals surface area contributed by atoms with Crippen LogP contribution in [0.15, 0.2) is 42.5 Å². The molecule has 2 nitrogen and oxygen atoms in total. The van der Waals surface area contributed by atoms with Crippen LogP contribution in [0.4, 0.5) is 10.1 Å². The summed E-state index contributed by atoms with van der Waals surface area (Å²) in [5.74, 6) is 0.996. The largest absolute Gasteiger partial charge is 0.494 e. The van der Waals surface area contributed by atoms with Gasteiger partial charge in [-0.05, 0) is 42.8 Å². The zero-order valence-corrected chi connectivity index (χ0v) is 12.1. The molecule has 2 aromatic carbocycles. The van der Waals surface area contributed by atoms with Crippen molar-refractivity contribution >= 4 is 17.3 Å². The smallest absolute Gasteiger partial charge is 0.123 e. The van der Waals surface area contributed by atoms with Crippen LogP contribution in [-0.2, 0) is 12.4 Å². The molecule has 0 spiro atoms. The average Bonchev–Trinajstić information content (AvgIpc) is 2.48. The highest BCUT2D eigenvalue weighted by Crippen LogP contribution is 2.24. The van der Waals surface area contributed by atoms with Gasteiger partial charge in [0, 0.05) is 17.8 Å². The van der Waals surface area contributed by atoms with Gasteiger partial charge in [0.05, 0.1) is 12.5 Å². The maximum atomic E-state index is 12.8. The number of anilines is 1. The molecule has 0 aliphatic heterocycles. The second-order valence-corrected chi connectivity index (χ2v) is 4.64. The third-order valence-electron chi connectivity index (χ3n) is 2.91. The molecule has 0 saturated heterocycles. The molecule has 20 heavy (non-hydrogen) atoms. The summed E-state index contributed by atoms with van der Waals surface area (Å²) in [6, 6.07) is 12.3. The van der Waals surface area contributed by atoms with Gasteiger partial charge in [-0.1, -0.05) is 12.1 Å². The van der Waals surface area contributed by atoms with Gasteiger partial charge in [0.15, 0.2) is 0 Å². The van der Waals surface area contributed by atoms with E-state index in [0.29, 0.717) is 19.0 Å². The quantitative estimate of drug-likeness (QED) is 0.787. The summed E-state index contributed by atoms with van der Waals surface area (Å²) in [7, 11) is 0. The van der Waals surface area contributed by atoms with Gasteiger partial charge in [0.1, 0.15) is 11.6 Å². The van der Waals surface area contributed by atoms with Gasteiger partial charge in [-0.25, -0.2) is 4.39 Å². The minimum absolute atomic E-state index is 0.223. The van der Waals surface area contributed by atoms with Gasteiger partial charge in [-0.15, -0.1) is 11.6 Å². The Morgan fingerprint density at radius 2 is 1.90 bits per heavy atom. The summed E-state index contributed by atoms with van der Waals surface area (Å²) < 4.78 is 18.3. The van der Waals surface area contributed by atoms with Gasteiger partial charge >= 0.3 is 0 Å². The molecule has 0 aliphatic rings. The van der Waals surface area contributed by atoms with Crippen molar-refractivity contribution in [2.24, 2.45) is 0 Å². The lowest BCUT2D eigenvalue weighted by Gasteiger charge is -2.12. The van der Waals surface area contributed by atoms with Crippen molar-refractivity contribution in [3.05, 3.63) is 59.4 Å². The first-order chi connectivity index (χ1) is 9.72. The topological polar surface area (TPSA) is 21.3 Å². The van der Waals surface area contributed by atoms with Gasteiger partial charge in [-0.2, -0.15) is 0 Å². The minimum atomic E-state index is -0.223. The zero-order chi connectivity index (χ0) is 14.4. The molecule has 0 atom stereocenters. The van der Waals surface area contributed by atoms with Crippen LogP contribution in [0.25, 0.3) is 0 Å². The third-order valence-corrected chi connectivity index (χ3v) is 3.20. The molecule has 0 saturated carbocycles. The van der Waals surface area contributed by atoms with Crippen LogP contribution in [0, 0.1) is 5.82 Å². The molecule has 0 bridgehead atoms. The van der Waals surface area contributed by atoms with Crippen LogP contribution in [-0.4, -0.2) is 6.61 Å². The highest BCUT2D eigenvalue weighted by atomic mass is 35.5. The number of benzene rings is 2. The Hall–Kier alpha value is -1.74. The monoisotopic (exact) mass is 293 g/mol. The first kappa shape index (κ1) is 14.7. The van der Waals surface area contributed by atoms with E-state index in [-0.39, 0.29) is 5.82 Å².